The average molecular weight is 288 g/mol. The second-order valence-electron chi connectivity index (χ2n) is 5.20. The van der Waals surface area contributed by atoms with Crippen LogP contribution in [0.5, 0.6) is 0 Å². The highest BCUT2D eigenvalue weighted by Gasteiger charge is 2.04. The Morgan fingerprint density at radius 2 is 2.09 bits per heavy atom. The van der Waals surface area contributed by atoms with E-state index < -0.39 is 0 Å². The first-order valence-corrected chi connectivity index (χ1v) is 7.04. The lowest BCUT2D eigenvalue weighted by Crippen LogP contribution is -2.23. The summed E-state index contributed by atoms with van der Waals surface area (Å²) in [5, 5.41) is 2.90. The van der Waals surface area contributed by atoms with Gasteiger partial charge >= 0.3 is 0 Å². The molecule has 0 spiro atoms. The smallest absolute Gasteiger partial charge is 0.251 e. The molecule has 3 rings (SSSR count). The van der Waals surface area contributed by atoms with Crippen molar-refractivity contribution in [1.82, 2.24) is 9.97 Å². The van der Waals surface area contributed by atoms with Crippen molar-refractivity contribution >= 4 is 23.6 Å². The molecule has 0 saturated heterocycles. The van der Waals surface area contributed by atoms with E-state index in [4.69, 9.17) is 0 Å². The van der Waals surface area contributed by atoms with Crippen LogP contribution in [0.3, 0.4) is 0 Å². The lowest BCUT2D eigenvalue weighted by molar-refractivity contribution is 1.11. The Labute approximate surface area is 128 Å². The number of rotatable bonds is 3. The maximum atomic E-state index is 12.2. The lowest BCUT2D eigenvalue weighted by Gasteiger charge is -2.04. The average Bonchev–Trinajstić information content (AvgIpc) is 2.51. The number of nitrogens with one attached hydrogen (secondary N) is 1. The van der Waals surface area contributed by atoms with Crippen molar-refractivity contribution in [3.05, 3.63) is 87.3 Å². The zero-order chi connectivity index (χ0) is 15.5. The topological polar surface area (TPSA) is 45.8 Å². The van der Waals surface area contributed by atoms with Gasteiger partial charge in [-0.3, -0.25) is 9.78 Å². The number of pyridine rings is 2. The predicted molar refractivity (Wildman–Crippen MR) is 91.0 cm³/mol. The first-order chi connectivity index (χ1) is 10.7. The summed E-state index contributed by atoms with van der Waals surface area (Å²) in [7, 11) is 0. The summed E-state index contributed by atoms with van der Waals surface area (Å²) < 4.78 is 0. The van der Waals surface area contributed by atoms with E-state index in [0.717, 1.165) is 32.5 Å². The minimum atomic E-state index is -0.0633. The first kappa shape index (κ1) is 14.0. The van der Waals surface area contributed by atoms with Crippen molar-refractivity contribution in [2.24, 2.45) is 0 Å². The molecule has 2 aromatic heterocycles. The van der Waals surface area contributed by atoms with Crippen LogP contribution in [0.1, 0.15) is 11.1 Å². The van der Waals surface area contributed by atoms with E-state index >= 15 is 0 Å². The van der Waals surface area contributed by atoms with Gasteiger partial charge in [0, 0.05) is 29.8 Å². The van der Waals surface area contributed by atoms with Gasteiger partial charge in [0.05, 0.1) is 5.52 Å². The van der Waals surface area contributed by atoms with Gasteiger partial charge in [-0.05, 0) is 28.1 Å². The zero-order valence-corrected chi connectivity index (χ0v) is 12.2. The summed E-state index contributed by atoms with van der Waals surface area (Å²) in [5.74, 6) is 0. The number of aromatic nitrogens is 2. The highest BCUT2D eigenvalue weighted by Crippen LogP contribution is 2.11. The number of aromatic amines is 1. The van der Waals surface area contributed by atoms with Crippen molar-refractivity contribution in [1.29, 1.82) is 0 Å². The zero-order valence-electron chi connectivity index (χ0n) is 12.2. The Bertz CT molecular complexity index is 1020. The molecule has 3 heteroatoms. The molecule has 0 saturated carbocycles. The molecule has 0 fully saturated rings. The molecule has 2 heterocycles. The molecule has 0 amide bonds. The van der Waals surface area contributed by atoms with Crippen molar-refractivity contribution in [2.45, 2.75) is 6.42 Å². The van der Waals surface area contributed by atoms with Crippen LogP contribution in [0.25, 0.3) is 23.6 Å². The van der Waals surface area contributed by atoms with E-state index in [-0.39, 0.29) is 5.56 Å². The van der Waals surface area contributed by atoms with Crippen molar-refractivity contribution < 1.29 is 0 Å². The molecule has 108 valence electrons. The fourth-order valence-electron chi connectivity index (χ4n) is 2.48. The van der Waals surface area contributed by atoms with Gasteiger partial charge in [-0.15, -0.1) is 0 Å². The molecule has 0 radical (unpaired) electrons. The van der Waals surface area contributed by atoms with E-state index in [1.165, 1.54) is 0 Å². The largest absolute Gasteiger partial charge is 0.322 e. The number of hydrogen-bond acceptors (Lipinski definition) is 2. The molecular weight excluding hydrogens is 272 g/mol. The van der Waals surface area contributed by atoms with Crippen LogP contribution in [0.4, 0.5) is 0 Å². The SMILES string of the molecule is C=C/C=c1/cc(Cc2cc3cnccc3[nH]c2=O)ccc1=C. The van der Waals surface area contributed by atoms with Crippen LogP contribution in [0.15, 0.2) is 60.2 Å². The van der Waals surface area contributed by atoms with Gasteiger partial charge in [0.15, 0.2) is 0 Å². The second-order valence-corrected chi connectivity index (χ2v) is 5.20. The Morgan fingerprint density at radius 3 is 2.91 bits per heavy atom. The summed E-state index contributed by atoms with van der Waals surface area (Å²) >= 11 is 0. The number of hydrogen-bond donors (Lipinski definition) is 1. The molecular formula is C19H16N2O. The van der Waals surface area contributed by atoms with E-state index in [2.05, 4.69) is 23.1 Å². The fraction of sp³-hybridized carbons (Fsp3) is 0.0526. The molecule has 0 aliphatic rings. The van der Waals surface area contributed by atoms with Crippen LogP contribution in [-0.4, -0.2) is 9.97 Å². The van der Waals surface area contributed by atoms with Gasteiger partial charge in [-0.2, -0.15) is 0 Å². The first-order valence-electron chi connectivity index (χ1n) is 7.04. The Kier molecular flexibility index (Phi) is 3.71. The standard InChI is InChI=1S/C19H16N2O/c1-3-4-15-9-14(6-5-13(15)2)10-16-11-17-12-20-8-7-18(17)21-19(16)22/h3-9,11-12H,1-2,10H2,(H,21,22)/b15-4-. The molecule has 0 bridgehead atoms. The monoisotopic (exact) mass is 288 g/mol. The highest BCUT2D eigenvalue weighted by molar-refractivity contribution is 5.77. The van der Waals surface area contributed by atoms with Gasteiger partial charge in [-0.1, -0.05) is 43.5 Å². The Hall–Kier alpha value is -2.94. The molecule has 1 N–H and O–H groups in total. The molecule has 0 unspecified atom stereocenters. The highest BCUT2D eigenvalue weighted by atomic mass is 16.1. The quantitative estimate of drug-likeness (QED) is 0.800. The summed E-state index contributed by atoms with van der Waals surface area (Å²) in [6, 6.07) is 9.69. The van der Waals surface area contributed by atoms with Crippen LogP contribution in [-0.2, 0) is 6.42 Å². The van der Waals surface area contributed by atoms with Crippen LogP contribution < -0.4 is 16.0 Å². The summed E-state index contributed by atoms with van der Waals surface area (Å²) in [6.07, 6.45) is 7.65. The third-order valence-corrected chi connectivity index (χ3v) is 3.62. The number of H-pyrrole nitrogens is 1. The normalized spacial score (nSPS) is 11.7. The maximum Gasteiger partial charge on any atom is 0.251 e. The second kappa shape index (κ2) is 5.82. The molecule has 1 aromatic carbocycles. The summed E-state index contributed by atoms with van der Waals surface area (Å²) in [4.78, 5) is 19.2. The van der Waals surface area contributed by atoms with Gasteiger partial charge in [0.1, 0.15) is 0 Å². The number of benzene rings is 1. The summed E-state index contributed by atoms with van der Waals surface area (Å²) in [6.45, 7) is 7.70. The third-order valence-electron chi connectivity index (χ3n) is 3.62. The predicted octanol–water partition coefficient (Wildman–Crippen LogP) is 1.89. The Morgan fingerprint density at radius 1 is 1.23 bits per heavy atom. The molecule has 3 aromatic rings. The third kappa shape index (κ3) is 2.74. The van der Waals surface area contributed by atoms with Gasteiger partial charge in [0.25, 0.3) is 5.56 Å². The minimum Gasteiger partial charge on any atom is -0.322 e. The fourth-order valence-corrected chi connectivity index (χ4v) is 2.48. The van der Waals surface area contributed by atoms with Gasteiger partial charge in [0.2, 0.25) is 0 Å². The van der Waals surface area contributed by atoms with Crippen LogP contribution >= 0.6 is 0 Å². The van der Waals surface area contributed by atoms with Crippen molar-refractivity contribution in [2.75, 3.05) is 0 Å². The molecule has 22 heavy (non-hydrogen) atoms. The van der Waals surface area contributed by atoms with Gasteiger partial charge in [-0.25, -0.2) is 0 Å². The molecule has 0 atom stereocenters. The Balaban J connectivity index is 2.07. The lowest BCUT2D eigenvalue weighted by atomic mass is 10.0. The van der Waals surface area contributed by atoms with Crippen LogP contribution in [0, 0.1) is 0 Å². The van der Waals surface area contributed by atoms with Gasteiger partial charge < -0.3 is 4.98 Å². The van der Waals surface area contributed by atoms with Crippen LogP contribution in [0.2, 0.25) is 0 Å². The number of nitrogens with zero attached hydrogens (tertiary/aromatic N) is 1. The summed E-state index contributed by atoms with van der Waals surface area (Å²) in [5.41, 5.74) is 2.53. The van der Waals surface area contributed by atoms with E-state index in [1.54, 1.807) is 24.5 Å². The van der Waals surface area contributed by atoms with Crippen molar-refractivity contribution in [3.63, 3.8) is 0 Å². The molecule has 0 aliphatic heterocycles. The maximum absolute atomic E-state index is 12.2. The minimum absolute atomic E-state index is 0.0633. The number of allylic oxidation sites excluding steroid dienone is 1. The number of fused-ring (bicyclic) bond motifs is 1. The van der Waals surface area contributed by atoms with E-state index in [0.29, 0.717) is 6.42 Å². The van der Waals surface area contributed by atoms with E-state index in [9.17, 15) is 4.79 Å². The van der Waals surface area contributed by atoms with E-state index in [1.807, 2.05) is 30.3 Å². The molecule has 0 aliphatic carbocycles. The van der Waals surface area contributed by atoms with Crippen molar-refractivity contribution in [3.8, 4) is 0 Å². The molecule has 3 nitrogen and oxygen atoms in total.